The van der Waals surface area contributed by atoms with Gasteiger partial charge in [-0.3, -0.25) is 4.79 Å². The third-order valence-corrected chi connectivity index (χ3v) is 3.41. The number of carbonyl (C=O) groups excluding carboxylic acids is 1. The number of hydrogen-bond donors (Lipinski definition) is 1. The Kier molecular flexibility index (Phi) is 14.5. The van der Waals surface area contributed by atoms with Crippen molar-refractivity contribution < 1.29 is 19.0 Å². The molecule has 0 fully saturated rings. The minimum absolute atomic E-state index is 0.113. The minimum Gasteiger partial charge on any atom is -0.396 e. The summed E-state index contributed by atoms with van der Waals surface area (Å²) in [6.07, 6.45) is 5.50. The second kappa shape index (κ2) is 15.3. The number of aliphatic hydroxyl groups excluding tert-OH is 1. The summed E-state index contributed by atoms with van der Waals surface area (Å²) in [7, 11) is 0. The van der Waals surface area contributed by atoms with Crippen molar-refractivity contribution in [3.8, 4) is 0 Å². The number of ether oxygens (including phenoxy) is 1. The monoisotopic (exact) mass is 340 g/mol. The molecule has 138 valence electrons. The Morgan fingerprint density at radius 3 is 2.42 bits per heavy atom. The normalized spacial score (nSPS) is 10.2. The van der Waals surface area contributed by atoms with E-state index in [1.165, 1.54) is 6.07 Å². The van der Waals surface area contributed by atoms with Gasteiger partial charge in [0, 0.05) is 32.7 Å². The molecule has 0 unspecified atom stereocenters. The van der Waals surface area contributed by atoms with Crippen LogP contribution in [0.25, 0.3) is 0 Å². The molecule has 4 heteroatoms. The van der Waals surface area contributed by atoms with Crippen LogP contribution in [0.5, 0.6) is 0 Å². The number of aryl methyl sites for hydroxylation is 1. The number of carbonyl (C=O) groups is 1. The first kappa shape index (κ1) is 22.7. The van der Waals surface area contributed by atoms with Crippen LogP contribution in [0.2, 0.25) is 0 Å². The number of ketones is 1. The predicted octanol–water partition coefficient (Wildman–Crippen LogP) is 4.62. The summed E-state index contributed by atoms with van der Waals surface area (Å²) in [6, 6.07) is 5.03. The Bertz CT molecular complexity index is 445. The van der Waals surface area contributed by atoms with Crippen molar-refractivity contribution in [2.75, 3.05) is 19.8 Å². The summed E-state index contributed by atoms with van der Waals surface area (Å²) in [5.74, 6) is -0.159. The van der Waals surface area contributed by atoms with E-state index in [-0.39, 0.29) is 18.0 Å². The maximum absolute atomic E-state index is 13.6. The molecule has 0 aromatic heterocycles. The van der Waals surface area contributed by atoms with E-state index >= 15 is 0 Å². The lowest BCUT2D eigenvalue weighted by Gasteiger charge is -2.05. The van der Waals surface area contributed by atoms with E-state index in [2.05, 4.69) is 6.92 Å². The first-order valence-corrected chi connectivity index (χ1v) is 9.00. The van der Waals surface area contributed by atoms with Crippen LogP contribution in [-0.2, 0) is 16.0 Å². The molecule has 1 aromatic carbocycles. The van der Waals surface area contributed by atoms with Gasteiger partial charge in [-0.1, -0.05) is 32.4 Å². The summed E-state index contributed by atoms with van der Waals surface area (Å²) in [6.45, 7) is 7.76. The second-order valence-electron chi connectivity index (χ2n) is 5.96. The van der Waals surface area contributed by atoms with Gasteiger partial charge in [-0.05, 0) is 49.8 Å². The van der Waals surface area contributed by atoms with Gasteiger partial charge in [0.05, 0.1) is 0 Å². The van der Waals surface area contributed by atoms with Gasteiger partial charge in [-0.2, -0.15) is 0 Å². The lowest BCUT2D eigenvalue weighted by atomic mass is 10.0. The van der Waals surface area contributed by atoms with Crippen LogP contribution in [0.4, 0.5) is 4.39 Å². The predicted molar refractivity (Wildman–Crippen MR) is 96.8 cm³/mol. The van der Waals surface area contributed by atoms with Crippen molar-refractivity contribution in [3.05, 3.63) is 35.1 Å². The van der Waals surface area contributed by atoms with Crippen LogP contribution >= 0.6 is 0 Å². The van der Waals surface area contributed by atoms with Gasteiger partial charge in [0.25, 0.3) is 0 Å². The van der Waals surface area contributed by atoms with Gasteiger partial charge >= 0.3 is 0 Å². The van der Waals surface area contributed by atoms with Crippen LogP contribution in [0.1, 0.15) is 63.5 Å². The highest BCUT2D eigenvalue weighted by atomic mass is 19.1. The van der Waals surface area contributed by atoms with E-state index < -0.39 is 0 Å². The van der Waals surface area contributed by atoms with Crippen LogP contribution in [0.3, 0.4) is 0 Å². The molecule has 1 aromatic rings. The van der Waals surface area contributed by atoms with Gasteiger partial charge < -0.3 is 9.84 Å². The molecule has 0 heterocycles. The molecule has 1 rings (SSSR count). The molecule has 0 aliphatic heterocycles. The van der Waals surface area contributed by atoms with Gasteiger partial charge in [-0.15, -0.1) is 0 Å². The fourth-order valence-electron chi connectivity index (χ4n) is 2.05. The van der Waals surface area contributed by atoms with E-state index in [1.54, 1.807) is 6.07 Å². The van der Waals surface area contributed by atoms with E-state index in [4.69, 9.17) is 9.84 Å². The van der Waals surface area contributed by atoms with E-state index in [1.807, 2.05) is 19.9 Å². The number of halogens is 1. The molecule has 0 saturated heterocycles. The fourth-order valence-corrected chi connectivity index (χ4v) is 2.05. The van der Waals surface area contributed by atoms with Crippen LogP contribution in [-0.4, -0.2) is 30.7 Å². The summed E-state index contributed by atoms with van der Waals surface area (Å²) in [4.78, 5) is 11.8. The van der Waals surface area contributed by atoms with Gasteiger partial charge in [-0.25, -0.2) is 4.39 Å². The van der Waals surface area contributed by atoms with Crippen LogP contribution in [0.15, 0.2) is 18.2 Å². The standard InChI is InChI=1S/C17H25FO2.C3H8O/c1-3-10-20-11-6-4-5-7-16(19)13-15-9-8-14(2)12-17(15)18;1-2-3-4/h8-9,12H,3-7,10-11,13H2,1-2H3;4H,2-3H2,1H3. The Morgan fingerprint density at radius 1 is 1.12 bits per heavy atom. The highest BCUT2D eigenvalue weighted by Gasteiger charge is 2.08. The molecule has 0 saturated carbocycles. The smallest absolute Gasteiger partial charge is 0.137 e. The lowest BCUT2D eigenvalue weighted by Crippen LogP contribution is -2.05. The molecule has 0 bridgehead atoms. The average molecular weight is 340 g/mol. The summed E-state index contributed by atoms with van der Waals surface area (Å²) >= 11 is 0. The third-order valence-electron chi connectivity index (χ3n) is 3.41. The van der Waals surface area contributed by atoms with Crippen molar-refractivity contribution >= 4 is 5.78 Å². The quantitative estimate of drug-likeness (QED) is 0.598. The zero-order chi connectivity index (χ0) is 18.2. The molecular weight excluding hydrogens is 307 g/mol. The van der Waals surface area contributed by atoms with Crippen molar-refractivity contribution in [2.45, 2.75) is 65.7 Å². The summed E-state index contributed by atoms with van der Waals surface area (Å²) in [5.41, 5.74) is 1.39. The average Bonchev–Trinajstić information content (AvgIpc) is 2.57. The Balaban J connectivity index is 0.00000118. The molecule has 3 nitrogen and oxygen atoms in total. The highest BCUT2D eigenvalue weighted by Crippen LogP contribution is 2.12. The zero-order valence-corrected chi connectivity index (χ0v) is 15.4. The first-order chi connectivity index (χ1) is 11.5. The highest BCUT2D eigenvalue weighted by molar-refractivity contribution is 5.80. The molecule has 0 aliphatic rings. The Hall–Kier alpha value is -1.26. The summed E-state index contributed by atoms with van der Waals surface area (Å²) in [5, 5.41) is 7.88. The molecule has 0 aliphatic carbocycles. The number of benzene rings is 1. The van der Waals surface area contributed by atoms with Crippen LogP contribution in [0, 0.1) is 12.7 Å². The number of rotatable bonds is 11. The van der Waals surface area contributed by atoms with Gasteiger partial charge in [0.1, 0.15) is 11.6 Å². The molecule has 0 radical (unpaired) electrons. The molecule has 0 atom stereocenters. The number of Topliss-reactive ketones (excluding diaryl/α,β-unsaturated/α-hetero) is 1. The third kappa shape index (κ3) is 12.2. The fraction of sp³-hybridized carbons (Fsp3) is 0.650. The lowest BCUT2D eigenvalue weighted by molar-refractivity contribution is -0.118. The van der Waals surface area contributed by atoms with Gasteiger partial charge in [0.15, 0.2) is 0 Å². The largest absolute Gasteiger partial charge is 0.396 e. The number of aliphatic hydroxyl groups is 1. The number of hydrogen-bond acceptors (Lipinski definition) is 3. The molecule has 1 N–H and O–H groups in total. The van der Waals surface area contributed by atoms with E-state index in [9.17, 15) is 9.18 Å². The second-order valence-corrected chi connectivity index (χ2v) is 5.96. The van der Waals surface area contributed by atoms with Crippen molar-refractivity contribution in [1.29, 1.82) is 0 Å². The maximum Gasteiger partial charge on any atom is 0.137 e. The SMILES string of the molecule is CCCO.CCCOCCCCCC(=O)Cc1ccc(C)cc1F. The van der Waals surface area contributed by atoms with Crippen molar-refractivity contribution in [1.82, 2.24) is 0 Å². The minimum atomic E-state index is -0.272. The first-order valence-electron chi connectivity index (χ1n) is 9.00. The maximum atomic E-state index is 13.6. The molecular formula is C20H33FO3. The van der Waals surface area contributed by atoms with E-state index in [0.717, 1.165) is 50.9 Å². The van der Waals surface area contributed by atoms with Crippen molar-refractivity contribution in [3.63, 3.8) is 0 Å². The number of unbranched alkanes of at least 4 members (excludes halogenated alkanes) is 2. The Labute approximate surface area is 146 Å². The molecule has 0 spiro atoms. The zero-order valence-electron chi connectivity index (χ0n) is 15.4. The molecule has 24 heavy (non-hydrogen) atoms. The topological polar surface area (TPSA) is 46.5 Å². The molecule has 0 amide bonds. The van der Waals surface area contributed by atoms with Gasteiger partial charge in [0.2, 0.25) is 0 Å². The van der Waals surface area contributed by atoms with Crippen LogP contribution < -0.4 is 0 Å². The van der Waals surface area contributed by atoms with E-state index in [0.29, 0.717) is 18.6 Å². The van der Waals surface area contributed by atoms with Crippen molar-refractivity contribution in [2.24, 2.45) is 0 Å². The summed E-state index contributed by atoms with van der Waals surface area (Å²) < 4.78 is 19.0. The Morgan fingerprint density at radius 2 is 1.83 bits per heavy atom.